The van der Waals surface area contributed by atoms with Crippen molar-refractivity contribution >= 4 is 0 Å². The molecule has 23 heavy (non-hydrogen) atoms. The minimum absolute atomic E-state index is 0.288. The van der Waals surface area contributed by atoms with Gasteiger partial charge in [-0.2, -0.15) is 0 Å². The molecule has 0 spiro atoms. The zero-order valence-corrected chi connectivity index (χ0v) is 14.1. The van der Waals surface area contributed by atoms with E-state index in [0.717, 1.165) is 32.7 Å². The summed E-state index contributed by atoms with van der Waals surface area (Å²) < 4.78 is 5.67. The lowest BCUT2D eigenvalue weighted by atomic mass is 9.99. The van der Waals surface area contributed by atoms with Gasteiger partial charge in [0.2, 0.25) is 0 Å². The van der Waals surface area contributed by atoms with Crippen molar-refractivity contribution in [1.29, 1.82) is 0 Å². The highest BCUT2D eigenvalue weighted by atomic mass is 16.5. The van der Waals surface area contributed by atoms with Crippen molar-refractivity contribution in [2.24, 2.45) is 0 Å². The zero-order valence-electron chi connectivity index (χ0n) is 14.1. The molecule has 1 unspecified atom stereocenters. The fraction of sp³-hybridized carbons (Fsp3) is 0.421. The molecule has 1 N–H and O–H groups in total. The molecule has 0 aliphatic rings. The van der Waals surface area contributed by atoms with Gasteiger partial charge in [-0.1, -0.05) is 30.3 Å². The molecule has 1 aromatic heterocycles. The second-order valence-electron chi connectivity index (χ2n) is 5.89. The highest BCUT2D eigenvalue weighted by Crippen LogP contribution is 2.17. The molecule has 124 valence electrons. The van der Waals surface area contributed by atoms with Crippen molar-refractivity contribution in [1.82, 2.24) is 15.2 Å². The predicted octanol–water partition coefficient (Wildman–Crippen LogP) is 2.53. The number of hydrogen-bond donors (Lipinski definition) is 1. The van der Waals surface area contributed by atoms with Crippen LogP contribution in [0.3, 0.4) is 0 Å². The summed E-state index contributed by atoms with van der Waals surface area (Å²) in [6, 6.07) is 15.0. The van der Waals surface area contributed by atoms with Crippen molar-refractivity contribution in [2.75, 3.05) is 40.4 Å². The van der Waals surface area contributed by atoms with Crippen LogP contribution in [-0.2, 0) is 11.2 Å². The molecule has 4 nitrogen and oxygen atoms in total. The Bertz CT molecular complexity index is 531. The van der Waals surface area contributed by atoms with E-state index in [1.54, 1.807) is 0 Å². The van der Waals surface area contributed by atoms with Crippen molar-refractivity contribution in [2.45, 2.75) is 12.5 Å². The van der Waals surface area contributed by atoms with E-state index >= 15 is 0 Å². The third-order valence-electron chi connectivity index (χ3n) is 3.71. The molecule has 4 heteroatoms. The number of benzene rings is 1. The molecule has 0 fully saturated rings. The summed E-state index contributed by atoms with van der Waals surface area (Å²) in [5.41, 5.74) is 2.59. The molecule has 0 aliphatic carbocycles. The van der Waals surface area contributed by atoms with Crippen LogP contribution >= 0.6 is 0 Å². The van der Waals surface area contributed by atoms with Crippen LogP contribution in [0.2, 0.25) is 0 Å². The fourth-order valence-electron chi connectivity index (χ4n) is 2.40. The predicted molar refractivity (Wildman–Crippen MR) is 94.5 cm³/mol. The molecule has 0 radical (unpaired) electrons. The molecule has 0 saturated heterocycles. The van der Waals surface area contributed by atoms with Crippen LogP contribution in [0.25, 0.3) is 0 Å². The van der Waals surface area contributed by atoms with Gasteiger partial charge in [-0.25, -0.2) is 0 Å². The average Bonchev–Trinajstić information content (AvgIpc) is 2.58. The smallest absolute Gasteiger partial charge is 0.0593 e. The van der Waals surface area contributed by atoms with Gasteiger partial charge in [-0.15, -0.1) is 0 Å². The topological polar surface area (TPSA) is 37.4 Å². The largest absolute Gasteiger partial charge is 0.379 e. The summed E-state index contributed by atoms with van der Waals surface area (Å²) in [7, 11) is 4.11. The SMILES string of the molecule is CN(C)CCOCCNC(Cc1ccncc1)c1ccccc1. The van der Waals surface area contributed by atoms with Gasteiger partial charge in [0.1, 0.15) is 0 Å². The second-order valence-corrected chi connectivity index (χ2v) is 5.89. The molecule has 1 aromatic carbocycles. The molecule has 2 aromatic rings. The van der Waals surface area contributed by atoms with E-state index in [-0.39, 0.29) is 6.04 Å². The molecular weight excluding hydrogens is 286 g/mol. The maximum atomic E-state index is 5.67. The Morgan fingerprint density at radius 1 is 1.04 bits per heavy atom. The first-order valence-corrected chi connectivity index (χ1v) is 8.15. The summed E-state index contributed by atoms with van der Waals surface area (Å²) in [6.07, 6.45) is 4.65. The Morgan fingerprint density at radius 3 is 2.48 bits per heavy atom. The van der Waals surface area contributed by atoms with Gasteiger partial charge in [0.25, 0.3) is 0 Å². The molecule has 0 saturated carbocycles. The number of rotatable bonds is 10. The first kappa shape index (κ1) is 17.6. The molecule has 1 atom stereocenters. The van der Waals surface area contributed by atoms with Crippen molar-refractivity contribution < 1.29 is 4.74 Å². The quantitative estimate of drug-likeness (QED) is 0.684. The average molecular weight is 313 g/mol. The van der Waals surface area contributed by atoms with Crippen LogP contribution < -0.4 is 5.32 Å². The van der Waals surface area contributed by atoms with Gasteiger partial charge in [0, 0.05) is 31.5 Å². The van der Waals surface area contributed by atoms with Crippen LogP contribution in [0.4, 0.5) is 0 Å². The van der Waals surface area contributed by atoms with Crippen LogP contribution in [0.1, 0.15) is 17.2 Å². The Hall–Kier alpha value is -1.75. The summed E-state index contributed by atoms with van der Waals surface area (Å²) in [6.45, 7) is 3.31. The third-order valence-corrected chi connectivity index (χ3v) is 3.71. The van der Waals surface area contributed by atoms with Gasteiger partial charge in [-0.05, 0) is 43.8 Å². The number of nitrogens with one attached hydrogen (secondary N) is 1. The molecular formula is C19H27N3O. The zero-order chi connectivity index (χ0) is 16.3. The normalized spacial score (nSPS) is 12.5. The van der Waals surface area contributed by atoms with Gasteiger partial charge in [0.15, 0.2) is 0 Å². The Balaban J connectivity index is 1.85. The number of hydrogen-bond acceptors (Lipinski definition) is 4. The number of pyridine rings is 1. The molecule has 2 rings (SSSR count). The monoisotopic (exact) mass is 313 g/mol. The van der Waals surface area contributed by atoms with Gasteiger partial charge in [-0.3, -0.25) is 4.98 Å². The van der Waals surface area contributed by atoms with Crippen molar-refractivity contribution in [3.05, 3.63) is 66.0 Å². The second kappa shape index (κ2) is 10.1. The summed E-state index contributed by atoms with van der Waals surface area (Å²) in [4.78, 5) is 6.22. The lowest BCUT2D eigenvalue weighted by molar-refractivity contribution is 0.117. The standard InChI is InChI=1S/C19H27N3O/c1-22(2)13-15-23-14-12-21-19(18-6-4-3-5-7-18)16-17-8-10-20-11-9-17/h3-11,19,21H,12-16H2,1-2H3. The Labute approximate surface area is 139 Å². The van der Waals surface area contributed by atoms with Crippen LogP contribution in [0, 0.1) is 0 Å². The van der Waals surface area contributed by atoms with Gasteiger partial charge in [0.05, 0.1) is 13.2 Å². The molecule has 0 bridgehead atoms. The van der Waals surface area contributed by atoms with E-state index in [1.165, 1.54) is 11.1 Å². The van der Waals surface area contributed by atoms with E-state index in [4.69, 9.17) is 4.74 Å². The maximum absolute atomic E-state index is 5.67. The van der Waals surface area contributed by atoms with E-state index < -0.39 is 0 Å². The van der Waals surface area contributed by atoms with Crippen LogP contribution in [-0.4, -0.2) is 50.3 Å². The van der Waals surface area contributed by atoms with Gasteiger partial charge < -0.3 is 15.0 Å². The van der Waals surface area contributed by atoms with Gasteiger partial charge >= 0.3 is 0 Å². The van der Waals surface area contributed by atoms with E-state index in [1.807, 2.05) is 12.4 Å². The third kappa shape index (κ3) is 6.91. The summed E-state index contributed by atoms with van der Waals surface area (Å²) in [5.74, 6) is 0. The first-order chi connectivity index (χ1) is 11.3. The highest BCUT2D eigenvalue weighted by Gasteiger charge is 2.11. The van der Waals surface area contributed by atoms with E-state index in [0.29, 0.717) is 0 Å². The molecule has 0 amide bonds. The Morgan fingerprint density at radius 2 is 1.78 bits per heavy atom. The first-order valence-electron chi connectivity index (χ1n) is 8.15. The summed E-state index contributed by atoms with van der Waals surface area (Å²) >= 11 is 0. The lowest BCUT2D eigenvalue weighted by Gasteiger charge is -2.20. The van der Waals surface area contributed by atoms with Crippen LogP contribution in [0.15, 0.2) is 54.9 Å². The number of aromatic nitrogens is 1. The maximum Gasteiger partial charge on any atom is 0.0593 e. The summed E-state index contributed by atoms with van der Waals surface area (Å²) in [5, 5.41) is 3.61. The van der Waals surface area contributed by atoms with Crippen molar-refractivity contribution in [3.8, 4) is 0 Å². The Kier molecular flexibility index (Phi) is 7.73. The number of likely N-dealkylation sites (N-methyl/N-ethyl adjacent to an activating group) is 1. The minimum atomic E-state index is 0.288. The molecule has 1 heterocycles. The fourth-order valence-corrected chi connectivity index (χ4v) is 2.40. The molecule has 0 aliphatic heterocycles. The van der Waals surface area contributed by atoms with Crippen molar-refractivity contribution in [3.63, 3.8) is 0 Å². The highest BCUT2D eigenvalue weighted by molar-refractivity contribution is 5.22. The number of ether oxygens (including phenoxy) is 1. The van der Waals surface area contributed by atoms with E-state index in [9.17, 15) is 0 Å². The van der Waals surface area contributed by atoms with E-state index in [2.05, 4.69) is 71.8 Å². The lowest BCUT2D eigenvalue weighted by Crippen LogP contribution is -2.28. The van der Waals surface area contributed by atoms with Crippen LogP contribution in [0.5, 0.6) is 0 Å². The number of nitrogens with zero attached hydrogens (tertiary/aromatic N) is 2. The minimum Gasteiger partial charge on any atom is -0.379 e.